The summed E-state index contributed by atoms with van der Waals surface area (Å²) in [4.78, 5) is 7.99. The molecule has 0 fully saturated rings. The first-order chi connectivity index (χ1) is 14.2. The molecule has 2 heterocycles. The minimum Gasteiger partial charge on any atom is -0.458 e. The molecule has 0 aliphatic rings. The molecule has 8 heteroatoms. The van der Waals surface area contributed by atoms with Gasteiger partial charge in [-0.25, -0.2) is 22.5 Å². The predicted octanol–water partition coefficient (Wildman–Crippen LogP) is 5.86. The Balaban J connectivity index is 2.02. The first kappa shape index (κ1) is 22.0. The minimum atomic E-state index is -2.88. The molecule has 30 heavy (non-hydrogen) atoms. The van der Waals surface area contributed by atoms with Gasteiger partial charge >= 0.3 is 0 Å². The van der Waals surface area contributed by atoms with Crippen LogP contribution in [0.15, 0.2) is 36.7 Å². The van der Waals surface area contributed by atoms with E-state index in [0.717, 1.165) is 18.6 Å². The molecule has 2 N–H and O–H groups in total. The molecule has 0 saturated heterocycles. The number of pyridine rings is 2. The Hall–Kier alpha value is -2.74. The van der Waals surface area contributed by atoms with E-state index in [4.69, 9.17) is 10.5 Å². The maximum Gasteiger partial charge on any atom is 0.269 e. The van der Waals surface area contributed by atoms with Crippen molar-refractivity contribution in [2.24, 2.45) is 17.6 Å². The molecule has 0 saturated carbocycles. The number of rotatable bonds is 7. The van der Waals surface area contributed by atoms with E-state index in [0.29, 0.717) is 5.92 Å². The average molecular weight is 421 g/mol. The highest BCUT2D eigenvalue weighted by Gasteiger charge is 2.23. The lowest BCUT2D eigenvalue weighted by Crippen LogP contribution is -2.35. The Morgan fingerprint density at radius 3 is 2.47 bits per heavy atom. The quantitative estimate of drug-likeness (QED) is 0.384. The Kier molecular flexibility index (Phi) is 6.55. The highest BCUT2D eigenvalue weighted by atomic mass is 19.3. The molecular formula is C22H23F4N3O. The maximum absolute atomic E-state index is 14.4. The summed E-state index contributed by atoms with van der Waals surface area (Å²) < 4.78 is 60.9. The van der Waals surface area contributed by atoms with E-state index in [1.807, 2.05) is 20.8 Å². The van der Waals surface area contributed by atoms with Crippen LogP contribution in [-0.4, -0.2) is 16.2 Å². The van der Waals surface area contributed by atoms with Crippen molar-refractivity contribution < 1.29 is 22.3 Å². The predicted molar refractivity (Wildman–Crippen MR) is 107 cm³/mol. The van der Waals surface area contributed by atoms with Crippen molar-refractivity contribution in [1.82, 2.24) is 9.97 Å². The molecular weight excluding hydrogens is 398 g/mol. The van der Waals surface area contributed by atoms with E-state index in [9.17, 15) is 17.6 Å². The second kappa shape index (κ2) is 8.95. The summed E-state index contributed by atoms with van der Waals surface area (Å²) in [6.45, 7) is 5.95. The van der Waals surface area contributed by atoms with E-state index in [1.54, 1.807) is 0 Å². The number of nitrogens with two attached hydrogens (primary N) is 1. The second-order valence-corrected chi connectivity index (χ2v) is 7.75. The van der Waals surface area contributed by atoms with Crippen molar-refractivity contribution in [1.29, 1.82) is 0 Å². The monoisotopic (exact) mass is 421 g/mol. The van der Waals surface area contributed by atoms with Crippen LogP contribution in [0.4, 0.5) is 17.6 Å². The smallest absolute Gasteiger partial charge is 0.269 e. The third-order valence-electron chi connectivity index (χ3n) is 4.84. The van der Waals surface area contributed by atoms with Crippen LogP contribution >= 0.6 is 0 Å². The summed E-state index contributed by atoms with van der Waals surface area (Å²) in [6.07, 6.45) is -0.256. The molecule has 3 aromatic rings. The Bertz CT molecular complexity index is 1040. The molecule has 1 unspecified atom stereocenters. The van der Waals surface area contributed by atoms with Gasteiger partial charge in [0.15, 0.2) is 6.23 Å². The summed E-state index contributed by atoms with van der Waals surface area (Å²) in [5, 5.41) is 0.0249. The van der Waals surface area contributed by atoms with Crippen LogP contribution in [0.3, 0.4) is 0 Å². The average Bonchev–Trinajstić information content (AvgIpc) is 2.66. The minimum absolute atomic E-state index is 0.0249. The van der Waals surface area contributed by atoms with Crippen LogP contribution in [0.2, 0.25) is 0 Å². The maximum atomic E-state index is 14.4. The van der Waals surface area contributed by atoms with Crippen LogP contribution in [0.1, 0.15) is 39.2 Å². The van der Waals surface area contributed by atoms with Crippen molar-refractivity contribution in [3.63, 3.8) is 0 Å². The number of hydrogen-bond donors (Lipinski definition) is 1. The number of alkyl halides is 2. The van der Waals surface area contributed by atoms with Crippen molar-refractivity contribution in [2.75, 3.05) is 0 Å². The molecule has 0 amide bonds. The number of fused-ring (bicyclic) bond motifs is 1. The van der Waals surface area contributed by atoms with Crippen molar-refractivity contribution in [3.8, 4) is 17.0 Å². The number of nitrogens with zero attached hydrogens (tertiary/aromatic N) is 2. The Labute approximate surface area is 172 Å². The van der Waals surface area contributed by atoms with Gasteiger partial charge in [-0.15, -0.1) is 0 Å². The number of benzene rings is 1. The summed E-state index contributed by atoms with van der Waals surface area (Å²) in [5.41, 5.74) is 6.16. The summed E-state index contributed by atoms with van der Waals surface area (Å²) in [7, 11) is 0. The van der Waals surface area contributed by atoms with Gasteiger partial charge in [-0.3, -0.25) is 10.7 Å². The molecule has 0 spiro atoms. The van der Waals surface area contributed by atoms with E-state index in [1.165, 1.54) is 24.5 Å². The standard InChI is InChI=1S/C22H23F4N3O/c1-11(2)6-12(3)21(27)30-22-16(20(25)26)7-13(10-29-22)15-4-5-28-18-9-14(23)8-17(24)19(15)18/h4-5,7-12,20-21H,6,27H2,1-3H3/t12?,21-/m1/s1. The molecule has 2 aromatic heterocycles. The topological polar surface area (TPSA) is 61.0 Å². The van der Waals surface area contributed by atoms with Crippen molar-refractivity contribution in [2.45, 2.75) is 39.8 Å². The lowest BCUT2D eigenvalue weighted by molar-refractivity contribution is 0.109. The van der Waals surface area contributed by atoms with Crippen LogP contribution in [0.25, 0.3) is 22.0 Å². The van der Waals surface area contributed by atoms with Gasteiger partial charge in [-0.2, -0.15) is 0 Å². The van der Waals surface area contributed by atoms with E-state index < -0.39 is 29.9 Å². The number of halogens is 4. The van der Waals surface area contributed by atoms with Crippen LogP contribution in [0, 0.1) is 23.5 Å². The van der Waals surface area contributed by atoms with Crippen LogP contribution in [-0.2, 0) is 0 Å². The van der Waals surface area contributed by atoms with Gasteiger partial charge in [0, 0.05) is 41.4 Å². The molecule has 1 aromatic carbocycles. The fourth-order valence-corrected chi connectivity index (χ4v) is 3.44. The molecule has 160 valence electrons. The van der Waals surface area contributed by atoms with Crippen LogP contribution < -0.4 is 10.5 Å². The van der Waals surface area contributed by atoms with Gasteiger partial charge in [0.05, 0.1) is 11.1 Å². The van der Waals surface area contributed by atoms with Gasteiger partial charge in [0.25, 0.3) is 6.43 Å². The highest BCUT2D eigenvalue weighted by Crippen LogP contribution is 2.35. The molecule has 0 aliphatic heterocycles. The largest absolute Gasteiger partial charge is 0.458 e. The fourth-order valence-electron chi connectivity index (χ4n) is 3.44. The van der Waals surface area contributed by atoms with Crippen molar-refractivity contribution >= 4 is 10.9 Å². The first-order valence-corrected chi connectivity index (χ1v) is 9.61. The first-order valence-electron chi connectivity index (χ1n) is 9.61. The normalized spacial score (nSPS) is 13.8. The third kappa shape index (κ3) is 4.70. The number of hydrogen-bond acceptors (Lipinski definition) is 4. The van der Waals surface area contributed by atoms with Crippen LogP contribution in [0.5, 0.6) is 5.88 Å². The van der Waals surface area contributed by atoms with Gasteiger partial charge in [0.1, 0.15) is 11.6 Å². The van der Waals surface area contributed by atoms with E-state index >= 15 is 0 Å². The number of aromatic nitrogens is 2. The molecule has 0 aliphatic carbocycles. The zero-order valence-corrected chi connectivity index (χ0v) is 16.9. The molecule has 3 rings (SSSR count). The van der Waals surface area contributed by atoms with E-state index in [2.05, 4.69) is 9.97 Å². The molecule has 4 nitrogen and oxygen atoms in total. The summed E-state index contributed by atoms with van der Waals surface area (Å²) in [6, 6.07) is 4.45. The Morgan fingerprint density at radius 1 is 1.07 bits per heavy atom. The number of ether oxygens (including phenoxy) is 1. The zero-order valence-electron chi connectivity index (χ0n) is 16.9. The molecule has 0 bridgehead atoms. The highest BCUT2D eigenvalue weighted by molar-refractivity contribution is 5.94. The van der Waals surface area contributed by atoms with Gasteiger partial charge < -0.3 is 4.74 Å². The third-order valence-corrected chi connectivity index (χ3v) is 4.84. The second-order valence-electron chi connectivity index (χ2n) is 7.75. The van der Waals surface area contributed by atoms with Gasteiger partial charge in [-0.05, 0) is 30.0 Å². The fraction of sp³-hybridized carbons (Fsp3) is 0.364. The lowest BCUT2D eigenvalue weighted by atomic mass is 9.97. The zero-order chi connectivity index (χ0) is 22.0. The summed E-state index contributed by atoms with van der Waals surface area (Å²) in [5.74, 6) is -1.56. The SMILES string of the molecule is CC(C)CC(C)[C@H](N)Oc1ncc(-c2ccnc3cc(F)cc(F)c23)cc1C(F)F. The molecule has 0 radical (unpaired) electrons. The van der Waals surface area contributed by atoms with E-state index in [-0.39, 0.29) is 33.8 Å². The lowest BCUT2D eigenvalue weighted by Gasteiger charge is -2.23. The molecule has 2 atom stereocenters. The Morgan fingerprint density at radius 2 is 1.80 bits per heavy atom. The van der Waals surface area contributed by atoms with Gasteiger partial charge in [-0.1, -0.05) is 20.8 Å². The summed E-state index contributed by atoms with van der Waals surface area (Å²) >= 11 is 0. The van der Waals surface area contributed by atoms with Crippen molar-refractivity contribution in [3.05, 3.63) is 53.9 Å². The van der Waals surface area contributed by atoms with Gasteiger partial charge in [0.2, 0.25) is 5.88 Å².